The Balaban J connectivity index is 2.44. The number of hydrogen-bond acceptors (Lipinski definition) is 5. The first-order chi connectivity index (χ1) is 16.5. The molecule has 0 spiro atoms. The molecule has 192 valence electrons. The highest BCUT2D eigenvalue weighted by molar-refractivity contribution is 7.92. The van der Waals surface area contributed by atoms with Gasteiger partial charge in [0, 0.05) is 18.7 Å². The van der Waals surface area contributed by atoms with Crippen LogP contribution >= 0.6 is 0 Å². The van der Waals surface area contributed by atoms with Crippen molar-refractivity contribution in [3.8, 4) is 5.75 Å². The monoisotopic (exact) mass is 503 g/mol. The maximum atomic E-state index is 13.7. The van der Waals surface area contributed by atoms with Crippen LogP contribution in [0, 0.1) is 6.92 Å². The number of carbonyl (C=O) groups excluding carboxylic acids is 2. The number of amides is 2. The van der Waals surface area contributed by atoms with Gasteiger partial charge < -0.3 is 15.0 Å². The Hall–Kier alpha value is -3.07. The molecule has 2 rings (SSSR count). The van der Waals surface area contributed by atoms with E-state index < -0.39 is 28.5 Å². The molecular formula is C26H37N3O5S. The van der Waals surface area contributed by atoms with Crippen LogP contribution in [0.1, 0.15) is 44.7 Å². The first-order valence-corrected chi connectivity index (χ1v) is 13.6. The van der Waals surface area contributed by atoms with Crippen molar-refractivity contribution in [2.24, 2.45) is 0 Å². The first-order valence-electron chi connectivity index (χ1n) is 11.8. The van der Waals surface area contributed by atoms with Crippen LogP contribution in [0.3, 0.4) is 0 Å². The molecule has 0 radical (unpaired) electrons. The first kappa shape index (κ1) is 28.2. The van der Waals surface area contributed by atoms with Gasteiger partial charge in [-0.05, 0) is 44.4 Å². The Labute approximate surface area is 209 Å². The van der Waals surface area contributed by atoms with Gasteiger partial charge in [0.15, 0.2) is 0 Å². The fraction of sp³-hybridized carbons (Fsp3) is 0.462. The van der Waals surface area contributed by atoms with Crippen molar-refractivity contribution >= 4 is 27.5 Å². The fourth-order valence-corrected chi connectivity index (χ4v) is 4.47. The molecule has 0 saturated heterocycles. The van der Waals surface area contributed by atoms with Crippen LogP contribution < -0.4 is 14.4 Å². The van der Waals surface area contributed by atoms with E-state index in [9.17, 15) is 18.0 Å². The zero-order chi connectivity index (χ0) is 26.2. The van der Waals surface area contributed by atoms with E-state index in [1.807, 2.05) is 52.0 Å². The second kappa shape index (κ2) is 12.6. The number of aryl methyl sites for hydroxylation is 1. The predicted octanol–water partition coefficient (Wildman–Crippen LogP) is 3.49. The van der Waals surface area contributed by atoms with Gasteiger partial charge in [-0.2, -0.15) is 0 Å². The molecule has 0 aliphatic carbocycles. The summed E-state index contributed by atoms with van der Waals surface area (Å²) in [4.78, 5) is 28.3. The van der Waals surface area contributed by atoms with Crippen LogP contribution in [0.15, 0.2) is 48.5 Å². The summed E-state index contributed by atoms with van der Waals surface area (Å²) in [6, 6.07) is 13.4. The SMILES string of the molecule is CC[C@@H](C)NC(=O)[C@@H](CC)N(Cc1ccc(C)cc1)C(=O)CN(c1cccc(OC)c1)S(C)(=O)=O. The number of methoxy groups -OCH3 is 1. The van der Waals surface area contributed by atoms with Crippen LogP contribution in [-0.2, 0) is 26.2 Å². The number of nitrogens with zero attached hydrogens (tertiary/aromatic N) is 2. The summed E-state index contributed by atoms with van der Waals surface area (Å²) in [5.41, 5.74) is 2.24. The average Bonchev–Trinajstić information content (AvgIpc) is 2.82. The van der Waals surface area contributed by atoms with Crippen molar-refractivity contribution in [3.05, 3.63) is 59.7 Å². The summed E-state index contributed by atoms with van der Waals surface area (Å²) in [6.45, 7) is 7.43. The van der Waals surface area contributed by atoms with Crippen molar-refractivity contribution in [3.63, 3.8) is 0 Å². The van der Waals surface area contributed by atoms with E-state index >= 15 is 0 Å². The standard InChI is InChI=1S/C26H37N3O5S/c1-7-20(4)27-26(31)24(8-2)28(17-21-14-12-19(3)13-15-21)25(30)18-29(35(6,32)33)22-10-9-11-23(16-22)34-5/h9-16,20,24H,7-8,17-18H2,1-6H3,(H,27,31)/t20-,24-/m1/s1. The smallest absolute Gasteiger partial charge is 0.244 e. The Morgan fingerprint density at radius 2 is 1.71 bits per heavy atom. The summed E-state index contributed by atoms with van der Waals surface area (Å²) >= 11 is 0. The highest BCUT2D eigenvalue weighted by atomic mass is 32.2. The number of rotatable bonds is 12. The Morgan fingerprint density at radius 1 is 1.06 bits per heavy atom. The third kappa shape index (κ3) is 7.99. The normalized spacial score (nSPS) is 13.0. The second-order valence-electron chi connectivity index (χ2n) is 8.72. The molecule has 0 unspecified atom stereocenters. The molecule has 0 bridgehead atoms. The average molecular weight is 504 g/mol. The minimum atomic E-state index is -3.80. The van der Waals surface area contributed by atoms with Crippen molar-refractivity contribution in [2.75, 3.05) is 24.2 Å². The maximum Gasteiger partial charge on any atom is 0.244 e. The largest absolute Gasteiger partial charge is 0.497 e. The Bertz CT molecular complexity index is 1100. The number of carbonyl (C=O) groups is 2. The van der Waals surface area contributed by atoms with Crippen LogP contribution in [0.4, 0.5) is 5.69 Å². The quantitative estimate of drug-likeness (QED) is 0.478. The zero-order valence-electron chi connectivity index (χ0n) is 21.4. The van der Waals surface area contributed by atoms with E-state index in [2.05, 4.69) is 5.32 Å². The lowest BCUT2D eigenvalue weighted by atomic mass is 10.1. The molecule has 0 saturated carbocycles. The third-order valence-corrected chi connectivity index (χ3v) is 7.02. The van der Waals surface area contributed by atoms with Crippen molar-refractivity contribution < 1.29 is 22.7 Å². The van der Waals surface area contributed by atoms with Crippen LogP contribution in [-0.4, -0.2) is 57.1 Å². The molecule has 9 heteroatoms. The van der Waals surface area contributed by atoms with Gasteiger partial charge in [-0.1, -0.05) is 49.7 Å². The highest BCUT2D eigenvalue weighted by Gasteiger charge is 2.32. The van der Waals surface area contributed by atoms with Gasteiger partial charge in [0.1, 0.15) is 18.3 Å². The predicted molar refractivity (Wildman–Crippen MR) is 139 cm³/mol. The van der Waals surface area contributed by atoms with Gasteiger partial charge in [-0.3, -0.25) is 13.9 Å². The van der Waals surface area contributed by atoms with Crippen LogP contribution in [0.25, 0.3) is 0 Å². The molecule has 0 aliphatic rings. The van der Waals surface area contributed by atoms with E-state index in [4.69, 9.17) is 4.74 Å². The van der Waals surface area contributed by atoms with E-state index in [1.54, 1.807) is 24.3 Å². The van der Waals surface area contributed by atoms with E-state index in [1.165, 1.54) is 12.0 Å². The van der Waals surface area contributed by atoms with Gasteiger partial charge in [-0.15, -0.1) is 0 Å². The molecule has 2 atom stereocenters. The van der Waals surface area contributed by atoms with Gasteiger partial charge in [-0.25, -0.2) is 8.42 Å². The highest BCUT2D eigenvalue weighted by Crippen LogP contribution is 2.24. The molecule has 2 aromatic rings. The number of anilines is 1. The van der Waals surface area contributed by atoms with Crippen LogP contribution in [0.5, 0.6) is 5.75 Å². The van der Waals surface area contributed by atoms with Gasteiger partial charge >= 0.3 is 0 Å². The molecule has 1 N–H and O–H groups in total. The molecule has 0 aromatic heterocycles. The minimum Gasteiger partial charge on any atom is -0.497 e. The maximum absolute atomic E-state index is 13.7. The third-order valence-electron chi connectivity index (χ3n) is 5.88. The van der Waals surface area contributed by atoms with Crippen molar-refractivity contribution in [1.82, 2.24) is 10.2 Å². The summed E-state index contributed by atoms with van der Waals surface area (Å²) in [6.07, 6.45) is 2.20. The topological polar surface area (TPSA) is 96.0 Å². The molecule has 2 aromatic carbocycles. The number of nitrogens with one attached hydrogen (secondary N) is 1. The molecular weight excluding hydrogens is 466 g/mol. The number of ether oxygens (including phenoxy) is 1. The van der Waals surface area contributed by atoms with E-state index in [0.717, 1.165) is 28.1 Å². The van der Waals surface area contributed by atoms with Crippen LogP contribution in [0.2, 0.25) is 0 Å². The Kier molecular flexibility index (Phi) is 10.1. The summed E-state index contributed by atoms with van der Waals surface area (Å²) in [7, 11) is -2.31. The van der Waals surface area contributed by atoms with E-state index in [0.29, 0.717) is 17.9 Å². The lowest BCUT2D eigenvalue weighted by molar-refractivity contribution is -0.140. The number of benzene rings is 2. The lowest BCUT2D eigenvalue weighted by Crippen LogP contribution is -2.53. The number of sulfonamides is 1. The molecule has 8 nitrogen and oxygen atoms in total. The van der Waals surface area contributed by atoms with Gasteiger partial charge in [0.05, 0.1) is 19.1 Å². The summed E-state index contributed by atoms with van der Waals surface area (Å²) in [5, 5.41) is 2.96. The summed E-state index contributed by atoms with van der Waals surface area (Å²) < 4.78 is 31.6. The molecule has 0 heterocycles. The van der Waals surface area contributed by atoms with Gasteiger partial charge in [0.2, 0.25) is 21.8 Å². The summed E-state index contributed by atoms with van der Waals surface area (Å²) in [5.74, 6) is -0.251. The molecule has 0 aliphatic heterocycles. The fourth-order valence-electron chi connectivity index (χ4n) is 3.63. The van der Waals surface area contributed by atoms with Gasteiger partial charge in [0.25, 0.3) is 0 Å². The molecule has 0 fully saturated rings. The second-order valence-corrected chi connectivity index (χ2v) is 10.6. The molecule has 35 heavy (non-hydrogen) atoms. The molecule has 2 amide bonds. The Morgan fingerprint density at radius 3 is 2.26 bits per heavy atom. The lowest BCUT2D eigenvalue weighted by Gasteiger charge is -2.33. The van der Waals surface area contributed by atoms with Crippen molar-refractivity contribution in [2.45, 2.75) is 59.2 Å². The minimum absolute atomic E-state index is 0.0443. The number of hydrogen-bond donors (Lipinski definition) is 1. The van der Waals surface area contributed by atoms with E-state index in [-0.39, 0.29) is 18.5 Å². The van der Waals surface area contributed by atoms with Crippen molar-refractivity contribution in [1.29, 1.82) is 0 Å². The zero-order valence-corrected chi connectivity index (χ0v) is 22.3.